The van der Waals surface area contributed by atoms with Gasteiger partial charge in [0, 0.05) is 47.8 Å². The van der Waals surface area contributed by atoms with Crippen molar-refractivity contribution in [2.45, 2.75) is 69.0 Å². The summed E-state index contributed by atoms with van der Waals surface area (Å²) in [6, 6.07) is 9.94. The zero-order valence-corrected chi connectivity index (χ0v) is 22.2. The van der Waals surface area contributed by atoms with Crippen molar-refractivity contribution < 1.29 is 18.9 Å². The van der Waals surface area contributed by atoms with Gasteiger partial charge in [-0.1, -0.05) is 20.8 Å². The quantitative estimate of drug-likeness (QED) is 0.192. The van der Waals surface area contributed by atoms with Gasteiger partial charge >= 0.3 is 6.09 Å². The fourth-order valence-corrected chi connectivity index (χ4v) is 5.88. The van der Waals surface area contributed by atoms with Crippen LogP contribution < -0.4 is 0 Å². The molecule has 1 saturated heterocycles. The van der Waals surface area contributed by atoms with Crippen LogP contribution in [-0.2, 0) is 15.8 Å². The second kappa shape index (κ2) is 10.9. The van der Waals surface area contributed by atoms with E-state index in [4.69, 9.17) is 9.16 Å². The number of pyridine rings is 1. The van der Waals surface area contributed by atoms with Gasteiger partial charge in [-0.2, -0.15) is 0 Å². The highest BCUT2D eigenvalue weighted by atomic mass is 32.2. The number of hydrogen-bond donors (Lipinski definition) is 0. The Bertz CT molecular complexity index is 982. The Morgan fingerprint density at radius 2 is 1.85 bits per heavy atom. The molecule has 1 aliphatic heterocycles. The van der Waals surface area contributed by atoms with E-state index in [-0.39, 0.29) is 35.6 Å². The minimum atomic E-state index is -1.99. The van der Waals surface area contributed by atoms with Crippen LogP contribution in [0.5, 0.6) is 0 Å². The Morgan fingerprint density at radius 1 is 1.21 bits per heavy atom. The number of amides is 1. The maximum atomic E-state index is 13.1. The molecule has 1 aliphatic rings. The minimum absolute atomic E-state index is 0.00782. The molecule has 2 atom stereocenters. The van der Waals surface area contributed by atoms with Gasteiger partial charge in [0.25, 0.3) is 5.69 Å². The van der Waals surface area contributed by atoms with Gasteiger partial charge in [0.1, 0.15) is 6.61 Å². The number of rotatable bonds is 8. The van der Waals surface area contributed by atoms with Gasteiger partial charge in [-0.25, -0.2) is 4.79 Å². The van der Waals surface area contributed by atoms with Crippen LogP contribution in [0.15, 0.2) is 53.7 Å². The third-order valence-corrected chi connectivity index (χ3v) is 12.2. The molecule has 0 unspecified atom stereocenters. The molecule has 3 rings (SSSR count). The molecule has 10 heteroatoms. The minimum Gasteiger partial charge on any atom is -0.445 e. The van der Waals surface area contributed by atoms with Gasteiger partial charge in [-0.05, 0) is 54.4 Å². The average Bonchev–Trinajstić information content (AvgIpc) is 3.18. The van der Waals surface area contributed by atoms with Crippen LogP contribution in [0.3, 0.4) is 0 Å². The summed E-state index contributed by atoms with van der Waals surface area (Å²) >= 11 is 1.69. The van der Waals surface area contributed by atoms with Crippen molar-refractivity contribution in [2.24, 2.45) is 0 Å². The van der Waals surface area contributed by atoms with Crippen molar-refractivity contribution in [3.8, 4) is 0 Å². The third kappa shape index (κ3) is 6.80. The molecule has 8 nitrogen and oxygen atoms in total. The molecule has 0 saturated carbocycles. The van der Waals surface area contributed by atoms with Gasteiger partial charge < -0.3 is 14.1 Å². The second-order valence-electron chi connectivity index (χ2n) is 10.0. The Hall–Kier alpha value is -2.43. The van der Waals surface area contributed by atoms with Crippen LogP contribution in [0.2, 0.25) is 18.1 Å². The maximum Gasteiger partial charge on any atom is 0.410 e. The summed E-state index contributed by atoms with van der Waals surface area (Å²) in [5.74, 6) is 0.730. The molecule has 1 aromatic heterocycles. The molecular weight excluding hydrogens is 470 g/mol. The fraction of sp³-hybridized carbons (Fsp3) is 0.500. The number of carbonyl (C=O) groups is 1. The summed E-state index contributed by atoms with van der Waals surface area (Å²) < 4.78 is 12.2. The molecule has 0 radical (unpaired) electrons. The lowest BCUT2D eigenvalue weighted by molar-refractivity contribution is -0.384. The molecule has 1 aromatic carbocycles. The van der Waals surface area contributed by atoms with E-state index in [1.165, 1.54) is 12.1 Å². The summed E-state index contributed by atoms with van der Waals surface area (Å²) in [5.41, 5.74) is 0.711. The molecule has 34 heavy (non-hydrogen) atoms. The van der Waals surface area contributed by atoms with Crippen molar-refractivity contribution in [2.75, 3.05) is 12.3 Å². The molecular formula is C24H33N3O5SSi. The first-order valence-corrected chi connectivity index (χ1v) is 15.2. The third-order valence-electron chi connectivity index (χ3n) is 6.48. The summed E-state index contributed by atoms with van der Waals surface area (Å²) in [6.45, 7) is 11.6. The summed E-state index contributed by atoms with van der Waals surface area (Å²) in [4.78, 5) is 30.4. The Morgan fingerprint density at radius 3 is 2.44 bits per heavy atom. The molecule has 1 amide bonds. The highest BCUT2D eigenvalue weighted by Crippen LogP contribution is 2.39. The van der Waals surface area contributed by atoms with E-state index in [0.29, 0.717) is 12.1 Å². The van der Waals surface area contributed by atoms with Crippen molar-refractivity contribution in [1.29, 1.82) is 0 Å². The number of benzene rings is 1. The van der Waals surface area contributed by atoms with E-state index in [0.717, 1.165) is 17.1 Å². The number of aromatic nitrogens is 1. The number of nitro groups is 1. The topological polar surface area (TPSA) is 94.8 Å². The maximum absolute atomic E-state index is 13.1. The number of nitro benzene ring substituents is 1. The second-order valence-corrected chi connectivity index (χ2v) is 15.9. The fourth-order valence-electron chi connectivity index (χ4n) is 3.50. The molecule has 2 aromatic rings. The number of carbonyl (C=O) groups excluding carboxylic acids is 1. The predicted molar refractivity (Wildman–Crippen MR) is 135 cm³/mol. The van der Waals surface area contributed by atoms with Gasteiger partial charge in [0.15, 0.2) is 8.32 Å². The first-order chi connectivity index (χ1) is 16.0. The van der Waals surface area contributed by atoms with Crippen LogP contribution in [0.4, 0.5) is 10.5 Å². The van der Waals surface area contributed by atoms with E-state index in [9.17, 15) is 14.9 Å². The van der Waals surface area contributed by atoms with Crippen molar-refractivity contribution >= 4 is 31.9 Å². The average molecular weight is 504 g/mol. The first kappa shape index (κ1) is 26.2. The Kier molecular flexibility index (Phi) is 8.37. The zero-order valence-electron chi connectivity index (χ0n) is 20.4. The number of likely N-dealkylation sites (tertiary alicyclic amines) is 1. The van der Waals surface area contributed by atoms with Gasteiger partial charge in [0.2, 0.25) is 0 Å². The first-order valence-electron chi connectivity index (χ1n) is 11.3. The van der Waals surface area contributed by atoms with Gasteiger partial charge in [-0.15, -0.1) is 11.8 Å². The van der Waals surface area contributed by atoms with E-state index in [1.54, 1.807) is 41.2 Å². The number of ether oxygens (including phenoxy) is 1. The van der Waals surface area contributed by atoms with Crippen LogP contribution in [-0.4, -0.2) is 53.7 Å². The van der Waals surface area contributed by atoms with Crippen molar-refractivity contribution in [3.63, 3.8) is 0 Å². The standard InChI is InChI=1S/C24H33N3O5SSi/c1-24(2,3)34(4,5)32-21-14-20(17-33-22-10-12-25-13-11-22)26(15-21)23(28)31-16-18-6-8-19(9-7-18)27(29)30/h6-13,20-21H,14-17H2,1-5H3/t20-,21+/m0/s1. The van der Waals surface area contributed by atoms with Crippen LogP contribution in [0.1, 0.15) is 32.8 Å². The van der Waals surface area contributed by atoms with E-state index >= 15 is 0 Å². The monoisotopic (exact) mass is 503 g/mol. The number of thioether (sulfide) groups is 1. The normalized spacial score (nSPS) is 18.7. The number of hydrogen-bond acceptors (Lipinski definition) is 7. The summed E-state index contributed by atoms with van der Waals surface area (Å²) in [7, 11) is -1.99. The SMILES string of the molecule is CC(C)(C)[Si](C)(C)O[C@@H]1C[C@@H](CSc2ccncc2)N(C(=O)OCc2ccc([N+](=O)[O-])cc2)C1. The molecule has 0 bridgehead atoms. The molecule has 0 N–H and O–H groups in total. The van der Waals surface area contributed by atoms with Crippen LogP contribution in [0.25, 0.3) is 0 Å². The molecule has 184 valence electrons. The summed E-state index contributed by atoms with van der Waals surface area (Å²) in [5, 5.41) is 10.9. The number of nitrogens with zero attached hydrogens (tertiary/aromatic N) is 3. The molecule has 0 spiro atoms. The summed E-state index contributed by atoms with van der Waals surface area (Å²) in [6.07, 6.45) is 3.86. The predicted octanol–water partition coefficient (Wildman–Crippen LogP) is 5.88. The lowest BCUT2D eigenvalue weighted by atomic mass is 10.2. The Labute approximate surface area is 206 Å². The number of non-ortho nitro benzene ring substituents is 1. The van der Waals surface area contributed by atoms with Crippen LogP contribution in [0, 0.1) is 10.1 Å². The van der Waals surface area contributed by atoms with Crippen LogP contribution >= 0.6 is 11.8 Å². The van der Waals surface area contributed by atoms with E-state index in [1.807, 2.05) is 12.1 Å². The Balaban J connectivity index is 1.66. The van der Waals surface area contributed by atoms with E-state index in [2.05, 4.69) is 38.8 Å². The van der Waals surface area contributed by atoms with Gasteiger partial charge in [0.05, 0.1) is 11.0 Å². The van der Waals surface area contributed by atoms with E-state index < -0.39 is 13.2 Å². The van der Waals surface area contributed by atoms with Gasteiger partial charge in [-0.3, -0.25) is 15.1 Å². The lowest BCUT2D eigenvalue weighted by Crippen LogP contribution is -2.44. The largest absolute Gasteiger partial charge is 0.445 e. The highest BCUT2D eigenvalue weighted by molar-refractivity contribution is 7.99. The van der Waals surface area contributed by atoms with Crippen molar-refractivity contribution in [1.82, 2.24) is 9.88 Å². The molecule has 2 heterocycles. The molecule has 1 fully saturated rings. The van der Waals surface area contributed by atoms with Crippen molar-refractivity contribution in [3.05, 3.63) is 64.5 Å². The molecule has 0 aliphatic carbocycles. The highest BCUT2D eigenvalue weighted by Gasteiger charge is 2.44. The lowest BCUT2D eigenvalue weighted by Gasteiger charge is -2.38. The zero-order chi connectivity index (χ0) is 24.9. The smallest absolute Gasteiger partial charge is 0.410 e.